The average molecular weight is 195 g/mol. The van der Waals surface area contributed by atoms with Crippen LogP contribution in [0.15, 0.2) is 28.8 Å². The fourth-order valence-corrected chi connectivity index (χ4v) is 1.21. The summed E-state index contributed by atoms with van der Waals surface area (Å²) in [5.74, 6) is -0.817. The van der Waals surface area contributed by atoms with Crippen molar-refractivity contribution in [2.75, 3.05) is 0 Å². The summed E-state index contributed by atoms with van der Waals surface area (Å²) in [7, 11) is 0. The molecule has 0 fully saturated rings. The second-order valence-corrected chi connectivity index (χ2v) is 2.84. The van der Waals surface area contributed by atoms with Crippen LogP contribution < -0.4 is 0 Å². The number of rotatable bonds is 1. The van der Waals surface area contributed by atoms with E-state index in [1.807, 2.05) is 0 Å². The van der Waals surface area contributed by atoms with E-state index in [2.05, 4.69) is 4.98 Å². The van der Waals surface area contributed by atoms with E-state index in [1.165, 1.54) is 24.4 Å². The Labute approximate surface area is 79.2 Å². The normalized spacial score (nSPS) is 10.5. The Morgan fingerprint density at radius 3 is 2.36 bits per heavy atom. The van der Waals surface area contributed by atoms with Gasteiger partial charge in [-0.3, -0.25) is 0 Å². The van der Waals surface area contributed by atoms with E-state index in [0.717, 1.165) is 0 Å². The summed E-state index contributed by atoms with van der Waals surface area (Å²) in [5, 5.41) is 0. The fraction of sp³-hybridized carbons (Fsp3) is 0.100. The molecular weight excluding hydrogens is 188 g/mol. The number of oxazole rings is 1. The highest BCUT2D eigenvalue weighted by Crippen LogP contribution is 2.26. The maximum absolute atomic E-state index is 13.2. The van der Waals surface area contributed by atoms with Gasteiger partial charge in [0.25, 0.3) is 0 Å². The molecule has 0 aliphatic carbocycles. The Hall–Kier alpha value is -1.71. The van der Waals surface area contributed by atoms with E-state index in [-0.39, 0.29) is 11.3 Å². The molecule has 14 heavy (non-hydrogen) atoms. The number of halogens is 2. The molecule has 2 rings (SSSR count). The minimum atomic E-state index is -0.652. The van der Waals surface area contributed by atoms with Crippen molar-refractivity contribution in [2.45, 2.75) is 6.92 Å². The van der Waals surface area contributed by atoms with Crippen molar-refractivity contribution in [3.63, 3.8) is 0 Å². The van der Waals surface area contributed by atoms with E-state index in [9.17, 15) is 8.78 Å². The van der Waals surface area contributed by atoms with Crippen molar-refractivity contribution >= 4 is 0 Å². The van der Waals surface area contributed by atoms with E-state index in [4.69, 9.17) is 4.42 Å². The molecule has 1 heterocycles. The molecule has 0 aliphatic heterocycles. The molecular formula is C10H7F2NO. The van der Waals surface area contributed by atoms with Crippen LogP contribution in [-0.4, -0.2) is 4.98 Å². The Kier molecular flexibility index (Phi) is 2.04. The Morgan fingerprint density at radius 2 is 1.86 bits per heavy atom. The first kappa shape index (κ1) is 8.87. The molecule has 1 aromatic heterocycles. The molecule has 0 atom stereocenters. The average Bonchev–Trinajstić information content (AvgIpc) is 2.51. The Morgan fingerprint density at radius 1 is 1.21 bits per heavy atom. The molecule has 0 amide bonds. The molecule has 0 saturated carbocycles. The molecule has 72 valence electrons. The lowest BCUT2D eigenvalue weighted by atomic mass is 10.1. The van der Waals surface area contributed by atoms with Crippen molar-refractivity contribution in [1.82, 2.24) is 4.98 Å². The lowest BCUT2D eigenvalue weighted by molar-refractivity contribution is 0.518. The quantitative estimate of drug-likeness (QED) is 0.699. The minimum Gasteiger partial charge on any atom is -0.441 e. The molecule has 4 heteroatoms. The molecule has 2 nitrogen and oxygen atoms in total. The van der Waals surface area contributed by atoms with Gasteiger partial charge in [-0.25, -0.2) is 13.8 Å². The van der Waals surface area contributed by atoms with Crippen LogP contribution in [0.1, 0.15) is 5.89 Å². The summed E-state index contributed by atoms with van der Waals surface area (Å²) in [4.78, 5) is 3.78. The van der Waals surface area contributed by atoms with Crippen molar-refractivity contribution in [1.29, 1.82) is 0 Å². The maximum Gasteiger partial charge on any atom is 0.191 e. The topological polar surface area (TPSA) is 26.0 Å². The molecule has 1 aromatic carbocycles. The van der Waals surface area contributed by atoms with Crippen molar-refractivity contribution < 1.29 is 13.2 Å². The number of benzene rings is 1. The molecule has 0 N–H and O–H groups in total. The number of aromatic nitrogens is 1. The highest BCUT2D eigenvalue weighted by Gasteiger charge is 2.14. The van der Waals surface area contributed by atoms with Gasteiger partial charge in [0.05, 0.1) is 11.8 Å². The van der Waals surface area contributed by atoms with Gasteiger partial charge in [-0.2, -0.15) is 0 Å². The van der Waals surface area contributed by atoms with Gasteiger partial charge in [0.15, 0.2) is 11.7 Å². The van der Waals surface area contributed by atoms with Crippen LogP contribution in [0.3, 0.4) is 0 Å². The minimum absolute atomic E-state index is 0.109. The molecule has 0 aliphatic rings. The van der Waals surface area contributed by atoms with Gasteiger partial charge in [0.2, 0.25) is 0 Å². The lowest BCUT2D eigenvalue weighted by Crippen LogP contribution is -1.87. The Bertz CT molecular complexity index is 445. The van der Waals surface area contributed by atoms with Gasteiger partial charge < -0.3 is 4.42 Å². The Balaban J connectivity index is 2.61. The first-order chi connectivity index (χ1) is 6.68. The first-order valence-electron chi connectivity index (χ1n) is 4.05. The molecule has 0 bridgehead atoms. The summed E-state index contributed by atoms with van der Waals surface area (Å²) in [6.07, 6.45) is 1.30. The highest BCUT2D eigenvalue weighted by atomic mass is 19.1. The van der Waals surface area contributed by atoms with Crippen LogP contribution in [0.4, 0.5) is 8.78 Å². The molecule has 0 spiro atoms. The zero-order valence-corrected chi connectivity index (χ0v) is 7.42. The largest absolute Gasteiger partial charge is 0.441 e. The van der Waals surface area contributed by atoms with E-state index in [1.54, 1.807) is 6.92 Å². The summed E-state index contributed by atoms with van der Waals surface area (Å²) in [6, 6.07) is 3.66. The van der Waals surface area contributed by atoms with Gasteiger partial charge in [-0.05, 0) is 12.1 Å². The zero-order chi connectivity index (χ0) is 10.1. The third-order valence-corrected chi connectivity index (χ3v) is 1.83. The van der Waals surface area contributed by atoms with Crippen LogP contribution >= 0.6 is 0 Å². The van der Waals surface area contributed by atoms with Crippen molar-refractivity contribution in [3.8, 4) is 11.3 Å². The van der Waals surface area contributed by atoms with Crippen LogP contribution in [-0.2, 0) is 0 Å². The lowest BCUT2D eigenvalue weighted by Gasteiger charge is -1.99. The van der Waals surface area contributed by atoms with E-state index < -0.39 is 11.6 Å². The molecule has 2 aromatic rings. The van der Waals surface area contributed by atoms with E-state index in [0.29, 0.717) is 5.89 Å². The second-order valence-electron chi connectivity index (χ2n) is 2.84. The number of aryl methyl sites for hydroxylation is 1. The third kappa shape index (κ3) is 1.39. The van der Waals surface area contributed by atoms with Crippen molar-refractivity contribution in [2.24, 2.45) is 0 Å². The summed E-state index contributed by atoms with van der Waals surface area (Å²) < 4.78 is 31.5. The SMILES string of the molecule is Cc1ncc(-c2c(F)cccc2F)o1. The zero-order valence-electron chi connectivity index (χ0n) is 7.42. The highest BCUT2D eigenvalue weighted by molar-refractivity contribution is 5.57. The van der Waals surface area contributed by atoms with E-state index >= 15 is 0 Å². The number of hydrogen-bond acceptors (Lipinski definition) is 2. The van der Waals surface area contributed by atoms with Crippen LogP contribution in [0.5, 0.6) is 0 Å². The van der Waals surface area contributed by atoms with Crippen LogP contribution in [0.2, 0.25) is 0 Å². The summed E-state index contributed by atoms with van der Waals surface area (Å²) in [6.45, 7) is 1.61. The predicted molar refractivity (Wildman–Crippen MR) is 46.6 cm³/mol. The molecule has 0 saturated heterocycles. The van der Waals surface area contributed by atoms with Gasteiger partial charge in [0, 0.05) is 6.92 Å². The fourth-order valence-electron chi connectivity index (χ4n) is 1.21. The summed E-state index contributed by atoms with van der Waals surface area (Å²) in [5.41, 5.74) is -0.173. The second kappa shape index (κ2) is 3.21. The predicted octanol–water partition coefficient (Wildman–Crippen LogP) is 2.93. The monoisotopic (exact) mass is 195 g/mol. The smallest absolute Gasteiger partial charge is 0.191 e. The van der Waals surface area contributed by atoms with Crippen molar-refractivity contribution in [3.05, 3.63) is 41.9 Å². The van der Waals surface area contributed by atoms with Gasteiger partial charge >= 0.3 is 0 Å². The van der Waals surface area contributed by atoms with Gasteiger partial charge in [-0.15, -0.1) is 0 Å². The van der Waals surface area contributed by atoms with Crippen LogP contribution in [0, 0.1) is 18.6 Å². The number of hydrogen-bond donors (Lipinski definition) is 0. The van der Waals surface area contributed by atoms with Gasteiger partial charge in [-0.1, -0.05) is 6.07 Å². The maximum atomic E-state index is 13.2. The number of nitrogens with zero attached hydrogens (tertiary/aromatic N) is 1. The standard InChI is InChI=1S/C10H7F2NO/c1-6-13-5-9(14-6)10-7(11)3-2-4-8(10)12/h2-5H,1H3. The van der Waals surface area contributed by atoms with Gasteiger partial charge in [0.1, 0.15) is 11.6 Å². The first-order valence-corrected chi connectivity index (χ1v) is 4.05. The third-order valence-electron chi connectivity index (χ3n) is 1.83. The molecule has 0 unspecified atom stereocenters. The summed E-state index contributed by atoms with van der Waals surface area (Å²) >= 11 is 0. The van der Waals surface area contributed by atoms with Crippen LogP contribution in [0.25, 0.3) is 11.3 Å². The molecule has 0 radical (unpaired) electrons.